The number of piperidine rings is 1. The van der Waals surface area contributed by atoms with E-state index < -0.39 is 6.10 Å². The highest BCUT2D eigenvalue weighted by molar-refractivity contribution is 5.58. The summed E-state index contributed by atoms with van der Waals surface area (Å²) in [4.78, 5) is 6.39. The molecule has 138 valence electrons. The van der Waals surface area contributed by atoms with E-state index in [1.165, 1.54) is 0 Å². The molecule has 0 amide bonds. The number of aromatic nitrogens is 4. The molecule has 1 aliphatic heterocycles. The van der Waals surface area contributed by atoms with Crippen LogP contribution in [0.15, 0.2) is 12.4 Å². The molecule has 0 spiro atoms. The molecule has 1 N–H and O–H groups in total. The van der Waals surface area contributed by atoms with E-state index in [0.29, 0.717) is 23.8 Å². The van der Waals surface area contributed by atoms with Crippen LogP contribution in [0, 0.1) is 17.2 Å². The third kappa shape index (κ3) is 3.29. The number of nitrogens with zero attached hydrogens (tertiary/aromatic N) is 6. The fourth-order valence-electron chi connectivity index (χ4n) is 3.83. The number of aliphatic hydroxyl groups excluding tert-OH is 1. The van der Waals surface area contributed by atoms with Crippen LogP contribution in [0.25, 0.3) is 0 Å². The molecule has 1 aliphatic rings. The van der Waals surface area contributed by atoms with Gasteiger partial charge in [0.25, 0.3) is 0 Å². The van der Waals surface area contributed by atoms with Crippen LogP contribution in [-0.4, -0.2) is 37.9 Å². The van der Waals surface area contributed by atoms with Crippen molar-refractivity contribution in [3.63, 3.8) is 0 Å². The lowest BCUT2D eigenvalue weighted by molar-refractivity contribution is 0.0873. The van der Waals surface area contributed by atoms with Gasteiger partial charge in [-0.15, -0.1) is 5.10 Å². The predicted octanol–water partition coefficient (Wildman–Crippen LogP) is 2.16. The molecule has 3 heterocycles. The minimum Gasteiger partial charge on any atom is -0.385 e. The van der Waals surface area contributed by atoms with Crippen molar-refractivity contribution in [3.05, 3.63) is 35.0 Å². The van der Waals surface area contributed by atoms with E-state index in [0.717, 1.165) is 43.5 Å². The second kappa shape index (κ2) is 7.83. The number of rotatable bonds is 5. The van der Waals surface area contributed by atoms with E-state index in [1.54, 1.807) is 6.20 Å². The predicted molar refractivity (Wildman–Crippen MR) is 98.6 cm³/mol. The van der Waals surface area contributed by atoms with E-state index in [1.807, 2.05) is 31.7 Å². The molecule has 2 unspecified atom stereocenters. The fourth-order valence-corrected chi connectivity index (χ4v) is 3.83. The highest BCUT2D eigenvalue weighted by Gasteiger charge is 2.31. The van der Waals surface area contributed by atoms with Gasteiger partial charge < -0.3 is 14.6 Å². The van der Waals surface area contributed by atoms with Crippen molar-refractivity contribution >= 4 is 5.82 Å². The number of nitriles is 1. The molecule has 0 radical (unpaired) electrons. The number of aryl methyl sites for hydroxylation is 2. The van der Waals surface area contributed by atoms with Crippen LogP contribution < -0.4 is 4.90 Å². The van der Waals surface area contributed by atoms with Gasteiger partial charge in [-0.2, -0.15) is 10.4 Å². The summed E-state index contributed by atoms with van der Waals surface area (Å²) >= 11 is 0. The van der Waals surface area contributed by atoms with Crippen molar-refractivity contribution in [2.45, 2.75) is 45.6 Å². The molecule has 7 heteroatoms. The Kier molecular flexibility index (Phi) is 5.52. The monoisotopic (exact) mass is 354 g/mol. The van der Waals surface area contributed by atoms with Gasteiger partial charge in [0.2, 0.25) is 0 Å². The standard InChI is InChI=1S/C19H26N6O/c1-4-14-15(11-20)18(23-22-16(14)5-2)25-9-6-7-13(12-25)17(26)19-21-8-10-24(19)3/h8,10,13,17,26H,4-7,9,12H2,1-3H3. The van der Waals surface area contributed by atoms with Gasteiger partial charge in [-0.3, -0.25) is 0 Å². The number of hydrogen-bond donors (Lipinski definition) is 1. The summed E-state index contributed by atoms with van der Waals surface area (Å²) in [5.74, 6) is 1.38. The van der Waals surface area contributed by atoms with Crippen LogP contribution in [0.3, 0.4) is 0 Å². The zero-order valence-corrected chi connectivity index (χ0v) is 15.7. The second-order valence-electron chi connectivity index (χ2n) is 6.83. The summed E-state index contributed by atoms with van der Waals surface area (Å²) in [6, 6.07) is 2.34. The zero-order valence-electron chi connectivity index (χ0n) is 15.7. The quantitative estimate of drug-likeness (QED) is 0.885. The molecule has 2 aromatic rings. The summed E-state index contributed by atoms with van der Waals surface area (Å²) in [5.41, 5.74) is 2.52. The molecule has 2 atom stereocenters. The number of aliphatic hydroxyl groups is 1. The maximum atomic E-state index is 10.8. The Morgan fingerprint density at radius 1 is 1.35 bits per heavy atom. The van der Waals surface area contributed by atoms with Crippen LogP contribution in [0.1, 0.15) is 55.4 Å². The molecule has 0 bridgehead atoms. The van der Waals surface area contributed by atoms with Crippen molar-refractivity contribution in [2.24, 2.45) is 13.0 Å². The molecule has 1 saturated heterocycles. The first-order valence-electron chi connectivity index (χ1n) is 9.29. The van der Waals surface area contributed by atoms with Gasteiger partial charge in [-0.25, -0.2) is 4.98 Å². The molecule has 7 nitrogen and oxygen atoms in total. The second-order valence-corrected chi connectivity index (χ2v) is 6.83. The first-order valence-corrected chi connectivity index (χ1v) is 9.29. The molecule has 0 saturated carbocycles. The smallest absolute Gasteiger partial charge is 0.169 e. The van der Waals surface area contributed by atoms with E-state index >= 15 is 0 Å². The highest BCUT2D eigenvalue weighted by atomic mass is 16.3. The Bertz CT molecular complexity index is 809. The lowest BCUT2D eigenvalue weighted by Crippen LogP contribution is -2.39. The minimum atomic E-state index is -0.628. The summed E-state index contributed by atoms with van der Waals surface area (Å²) in [7, 11) is 1.89. The van der Waals surface area contributed by atoms with Gasteiger partial charge in [-0.1, -0.05) is 13.8 Å². The van der Waals surface area contributed by atoms with E-state index in [-0.39, 0.29) is 5.92 Å². The Morgan fingerprint density at radius 2 is 2.15 bits per heavy atom. The molecule has 0 aliphatic carbocycles. The third-order valence-electron chi connectivity index (χ3n) is 5.27. The van der Waals surface area contributed by atoms with Crippen molar-refractivity contribution < 1.29 is 5.11 Å². The van der Waals surface area contributed by atoms with E-state index in [4.69, 9.17) is 0 Å². The average molecular weight is 354 g/mol. The number of anilines is 1. The molecular formula is C19H26N6O. The molecule has 26 heavy (non-hydrogen) atoms. The van der Waals surface area contributed by atoms with Crippen LogP contribution in [0.2, 0.25) is 0 Å². The van der Waals surface area contributed by atoms with Gasteiger partial charge in [0.15, 0.2) is 5.82 Å². The summed E-state index contributed by atoms with van der Waals surface area (Å²) in [6.07, 6.45) is 6.32. The number of hydrogen-bond acceptors (Lipinski definition) is 6. The summed E-state index contributed by atoms with van der Waals surface area (Å²) in [5, 5.41) is 29.3. The largest absolute Gasteiger partial charge is 0.385 e. The van der Waals surface area contributed by atoms with Gasteiger partial charge in [0, 0.05) is 38.4 Å². The molecule has 0 aromatic carbocycles. The van der Waals surface area contributed by atoms with Gasteiger partial charge in [-0.05, 0) is 31.2 Å². The van der Waals surface area contributed by atoms with Crippen molar-refractivity contribution in [1.82, 2.24) is 19.7 Å². The third-order valence-corrected chi connectivity index (χ3v) is 5.27. The molecular weight excluding hydrogens is 328 g/mol. The summed E-state index contributed by atoms with van der Waals surface area (Å²) < 4.78 is 1.86. The topological polar surface area (TPSA) is 90.9 Å². The SMILES string of the molecule is CCc1nnc(N2CCCC(C(O)c3nccn3C)C2)c(C#N)c1CC. The maximum absolute atomic E-state index is 10.8. The minimum absolute atomic E-state index is 0.0501. The maximum Gasteiger partial charge on any atom is 0.169 e. The van der Waals surface area contributed by atoms with Crippen LogP contribution in [-0.2, 0) is 19.9 Å². The van der Waals surface area contributed by atoms with E-state index in [9.17, 15) is 10.4 Å². The fraction of sp³-hybridized carbons (Fsp3) is 0.579. The Balaban J connectivity index is 1.88. The van der Waals surface area contributed by atoms with Gasteiger partial charge >= 0.3 is 0 Å². The Morgan fingerprint density at radius 3 is 2.77 bits per heavy atom. The number of imidazole rings is 1. The van der Waals surface area contributed by atoms with Gasteiger partial charge in [0.05, 0.1) is 5.69 Å². The molecule has 2 aromatic heterocycles. The highest BCUT2D eigenvalue weighted by Crippen LogP contribution is 2.32. The lowest BCUT2D eigenvalue weighted by Gasteiger charge is -2.36. The molecule has 1 fully saturated rings. The first-order chi connectivity index (χ1) is 12.6. The zero-order chi connectivity index (χ0) is 18.7. The Labute approximate surface area is 154 Å². The normalized spacial score (nSPS) is 18.6. The summed E-state index contributed by atoms with van der Waals surface area (Å²) in [6.45, 7) is 5.54. The van der Waals surface area contributed by atoms with Crippen molar-refractivity contribution in [3.8, 4) is 6.07 Å². The van der Waals surface area contributed by atoms with Crippen LogP contribution in [0.4, 0.5) is 5.82 Å². The lowest BCUT2D eigenvalue weighted by atomic mass is 9.91. The van der Waals surface area contributed by atoms with Crippen LogP contribution in [0.5, 0.6) is 0 Å². The average Bonchev–Trinajstić information content (AvgIpc) is 3.11. The van der Waals surface area contributed by atoms with E-state index in [2.05, 4.69) is 26.2 Å². The first kappa shape index (κ1) is 18.3. The Hall–Kier alpha value is -2.46. The van der Waals surface area contributed by atoms with Crippen molar-refractivity contribution in [1.29, 1.82) is 5.26 Å². The molecule has 3 rings (SSSR count). The van der Waals surface area contributed by atoms with Crippen LogP contribution >= 0.6 is 0 Å². The van der Waals surface area contributed by atoms with Gasteiger partial charge in [0.1, 0.15) is 23.6 Å². The van der Waals surface area contributed by atoms with Crippen molar-refractivity contribution in [2.75, 3.05) is 18.0 Å².